The first-order valence-electron chi connectivity index (χ1n) is 13.5. The highest BCUT2D eigenvalue weighted by Crippen LogP contribution is 2.53. The minimum Gasteiger partial charge on any atom is -0.477 e. The van der Waals surface area contributed by atoms with Crippen molar-refractivity contribution in [3.63, 3.8) is 0 Å². The smallest absolute Gasteiger partial charge is 0.353 e. The van der Waals surface area contributed by atoms with E-state index in [-0.39, 0.29) is 45.7 Å². The highest BCUT2D eigenvalue weighted by atomic mass is 32.2. The molecule has 0 saturated carbocycles. The van der Waals surface area contributed by atoms with Crippen LogP contribution in [0.15, 0.2) is 23.1 Å². The van der Waals surface area contributed by atoms with Crippen molar-refractivity contribution < 1.29 is 23.5 Å². The van der Waals surface area contributed by atoms with E-state index >= 15 is 0 Å². The Morgan fingerprint density at radius 1 is 1.16 bits per heavy atom. The highest BCUT2D eigenvalue weighted by Gasteiger charge is 2.62. The Hall–Kier alpha value is -1.41. The number of carboxylic acid groups (broad SMARTS) is 1. The van der Waals surface area contributed by atoms with Crippen molar-refractivity contribution in [2.75, 3.05) is 6.61 Å². The molecule has 1 amide bonds. The van der Waals surface area contributed by atoms with Gasteiger partial charge in [0.2, 0.25) is 5.91 Å². The first-order chi connectivity index (χ1) is 17.3. The number of aromatic amines is 1. The number of hydrogen-bond donors (Lipinski definition) is 2. The van der Waals surface area contributed by atoms with Gasteiger partial charge in [0.05, 0.1) is 30.1 Å². The Morgan fingerprint density at radius 3 is 2.26 bits per heavy atom. The maximum atomic E-state index is 13.5. The summed E-state index contributed by atoms with van der Waals surface area (Å²) in [7, 11) is -4.10. The van der Waals surface area contributed by atoms with Gasteiger partial charge in [0.15, 0.2) is 16.6 Å². The molecule has 3 heterocycles. The molecule has 11 heteroatoms. The van der Waals surface area contributed by atoms with Crippen LogP contribution in [0.2, 0.25) is 36.3 Å². The van der Waals surface area contributed by atoms with Crippen molar-refractivity contribution in [1.29, 1.82) is 0 Å². The van der Waals surface area contributed by atoms with Crippen LogP contribution in [0.5, 0.6) is 0 Å². The van der Waals surface area contributed by atoms with Crippen LogP contribution in [0.3, 0.4) is 0 Å². The number of H-pyrrole nitrogens is 1. The number of hydrogen-bond acceptors (Lipinski definition) is 6. The second-order valence-electron chi connectivity index (χ2n) is 13.7. The summed E-state index contributed by atoms with van der Waals surface area (Å²) in [6.07, 6.45) is 3.80. The number of fused-ring (bicyclic) bond motifs is 1. The van der Waals surface area contributed by atoms with Gasteiger partial charge >= 0.3 is 5.97 Å². The van der Waals surface area contributed by atoms with Gasteiger partial charge in [0, 0.05) is 29.4 Å². The van der Waals surface area contributed by atoms with Crippen molar-refractivity contribution in [1.82, 2.24) is 14.9 Å². The lowest BCUT2D eigenvalue weighted by molar-refractivity contribution is -0.163. The molecule has 1 aromatic heterocycles. The van der Waals surface area contributed by atoms with E-state index in [2.05, 4.69) is 77.7 Å². The summed E-state index contributed by atoms with van der Waals surface area (Å²) in [4.78, 5) is 35.6. The predicted molar refractivity (Wildman–Crippen MR) is 158 cm³/mol. The molecule has 214 valence electrons. The normalized spacial score (nSPS) is 23.5. The summed E-state index contributed by atoms with van der Waals surface area (Å²) < 4.78 is 13.2. The van der Waals surface area contributed by atoms with Gasteiger partial charge in [-0.25, -0.2) is 9.78 Å². The number of thioether (sulfide) groups is 1. The lowest BCUT2D eigenvalue weighted by atomic mass is 9.77. The first kappa shape index (κ1) is 31.1. The number of nitrogens with one attached hydrogen (secondary N) is 1. The van der Waals surface area contributed by atoms with E-state index in [0.717, 1.165) is 10.6 Å². The summed E-state index contributed by atoms with van der Waals surface area (Å²) in [6.45, 7) is 24.5. The predicted octanol–water partition coefficient (Wildman–Crippen LogP) is 6.22. The Kier molecular flexibility index (Phi) is 8.91. The van der Waals surface area contributed by atoms with Crippen LogP contribution in [-0.2, 0) is 24.2 Å². The van der Waals surface area contributed by atoms with Gasteiger partial charge in [-0.1, -0.05) is 41.5 Å². The van der Waals surface area contributed by atoms with E-state index in [1.807, 2.05) is 13.1 Å². The number of carboxylic acids is 1. The fraction of sp³-hybridized carbons (Fsp3) is 0.741. The third-order valence-electron chi connectivity index (χ3n) is 9.04. The summed E-state index contributed by atoms with van der Waals surface area (Å²) in [6, 6.07) is -0.238. The molecule has 2 aliphatic heterocycles. The second-order valence-corrected chi connectivity index (χ2v) is 24.3. The minimum atomic E-state index is -2.12. The topological polar surface area (TPSA) is 105 Å². The standard InChI is InChI=1S/C27H47N3O5SSi2/c1-17(35-38(10,11)27(5,6)7)20-21-19(12-13-34-37(8,9)26(2,3)4)23(36-15-18-14-28-16-29-18)22(25(32)33)30(21)24(20)31/h14,16-17,19-21H,12-13,15H2,1-11H3,(H,28,29)(H,32,33)/t17-,19-,20-,21-/m1/s1. The quantitative estimate of drug-likeness (QED) is 0.236. The lowest BCUT2D eigenvalue weighted by Gasteiger charge is -2.50. The number of aromatic nitrogens is 2. The molecule has 0 aliphatic carbocycles. The lowest BCUT2D eigenvalue weighted by Crippen LogP contribution is -2.65. The summed E-state index contributed by atoms with van der Waals surface area (Å²) >= 11 is 1.48. The maximum Gasteiger partial charge on any atom is 0.353 e. The number of aliphatic carboxylic acids is 1. The van der Waals surface area contributed by atoms with E-state index in [1.165, 1.54) is 16.7 Å². The molecular weight excluding hydrogens is 535 g/mol. The van der Waals surface area contributed by atoms with E-state index in [9.17, 15) is 14.7 Å². The van der Waals surface area contributed by atoms with Gasteiger partial charge in [-0.2, -0.15) is 0 Å². The fourth-order valence-corrected chi connectivity index (χ4v) is 8.47. The fourth-order valence-electron chi connectivity index (χ4n) is 4.73. The molecule has 2 N–H and O–H groups in total. The SMILES string of the molecule is C[C@@H](O[Si](C)(C)C(C)(C)C)[C@H]1C(=O)N2C(C(=O)O)=C(SCc3c[nH]cn3)[C@H](CCO[Si](C)(C)C(C)(C)C)[C@H]12. The van der Waals surface area contributed by atoms with Gasteiger partial charge in [-0.15, -0.1) is 11.8 Å². The second kappa shape index (κ2) is 10.9. The number of carbonyl (C=O) groups excluding carboxylic acids is 1. The monoisotopic (exact) mass is 581 g/mol. The number of carbonyl (C=O) groups is 2. The number of imidazole rings is 1. The molecule has 4 atom stereocenters. The Labute approximate surface area is 234 Å². The Balaban J connectivity index is 1.91. The van der Waals surface area contributed by atoms with E-state index in [4.69, 9.17) is 8.85 Å². The van der Waals surface area contributed by atoms with Crippen LogP contribution in [0.1, 0.15) is 60.6 Å². The highest BCUT2D eigenvalue weighted by molar-refractivity contribution is 8.02. The zero-order valence-electron chi connectivity index (χ0n) is 25.0. The molecule has 0 radical (unpaired) electrons. The van der Waals surface area contributed by atoms with E-state index < -0.39 is 22.6 Å². The molecule has 38 heavy (non-hydrogen) atoms. The maximum absolute atomic E-state index is 13.5. The van der Waals surface area contributed by atoms with Crippen molar-refractivity contribution in [2.24, 2.45) is 11.8 Å². The molecule has 0 spiro atoms. The zero-order chi connectivity index (χ0) is 28.8. The summed E-state index contributed by atoms with van der Waals surface area (Å²) in [5, 5.41) is 10.3. The number of nitrogens with zero attached hydrogens (tertiary/aromatic N) is 2. The van der Waals surface area contributed by atoms with E-state index in [0.29, 0.717) is 18.8 Å². The molecular formula is C27H47N3O5SSi2. The number of amides is 1. The van der Waals surface area contributed by atoms with Crippen LogP contribution in [0.25, 0.3) is 0 Å². The number of β-lactam (4-membered cyclic amide) rings is 1. The van der Waals surface area contributed by atoms with Crippen LogP contribution in [0, 0.1) is 11.8 Å². The molecule has 3 rings (SSSR count). The largest absolute Gasteiger partial charge is 0.477 e. The Bertz CT molecular complexity index is 1060. The summed E-state index contributed by atoms with van der Waals surface area (Å²) in [5.41, 5.74) is 0.962. The molecule has 0 bridgehead atoms. The molecule has 0 aromatic carbocycles. The molecule has 1 saturated heterocycles. The first-order valence-corrected chi connectivity index (χ1v) is 20.3. The molecule has 1 aromatic rings. The average Bonchev–Trinajstić information content (AvgIpc) is 3.35. The van der Waals surface area contributed by atoms with Crippen molar-refractivity contribution in [3.05, 3.63) is 28.8 Å². The zero-order valence-corrected chi connectivity index (χ0v) is 27.8. The molecule has 8 nitrogen and oxygen atoms in total. The Morgan fingerprint density at radius 2 is 1.76 bits per heavy atom. The van der Waals surface area contributed by atoms with Gasteiger partial charge < -0.3 is 23.8 Å². The van der Waals surface area contributed by atoms with E-state index in [1.54, 1.807) is 6.33 Å². The van der Waals surface area contributed by atoms with Crippen molar-refractivity contribution in [2.45, 2.75) is 109 Å². The van der Waals surface area contributed by atoms with Crippen molar-refractivity contribution in [3.8, 4) is 0 Å². The van der Waals surface area contributed by atoms with Gasteiger partial charge in [-0.05, 0) is 49.6 Å². The van der Waals surface area contributed by atoms with Gasteiger partial charge in [0.25, 0.3) is 0 Å². The van der Waals surface area contributed by atoms with Crippen LogP contribution >= 0.6 is 11.8 Å². The summed E-state index contributed by atoms with van der Waals surface area (Å²) in [5.74, 6) is -1.17. The van der Waals surface area contributed by atoms with Crippen LogP contribution in [-0.4, -0.2) is 67.2 Å². The van der Waals surface area contributed by atoms with Gasteiger partial charge in [-0.3, -0.25) is 4.79 Å². The third kappa shape index (κ3) is 6.01. The van der Waals surface area contributed by atoms with Crippen molar-refractivity contribution >= 4 is 40.3 Å². The third-order valence-corrected chi connectivity index (χ3v) is 19.4. The molecule has 1 fully saturated rings. The van der Waals surface area contributed by atoms with Crippen LogP contribution < -0.4 is 0 Å². The molecule has 2 aliphatic rings. The van der Waals surface area contributed by atoms with Crippen LogP contribution in [0.4, 0.5) is 0 Å². The minimum absolute atomic E-state index is 0.00880. The van der Waals surface area contributed by atoms with Gasteiger partial charge in [0.1, 0.15) is 5.70 Å². The average molecular weight is 582 g/mol. The molecule has 0 unspecified atom stereocenters. The number of rotatable bonds is 11.